The molecule has 1 aromatic carbocycles. The van der Waals surface area contributed by atoms with Gasteiger partial charge >= 0.3 is 0 Å². The first-order valence-electron chi connectivity index (χ1n) is 6.53. The van der Waals surface area contributed by atoms with Gasteiger partial charge in [-0.25, -0.2) is 17.5 Å². The van der Waals surface area contributed by atoms with E-state index in [2.05, 4.69) is 4.72 Å². The average Bonchev–Trinajstić information content (AvgIpc) is 3.17. The van der Waals surface area contributed by atoms with Gasteiger partial charge in [0.2, 0.25) is 10.0 Å². The van der Waals surface area contributed by atoms with Gasteiger partial charge in [0.1, 0.15) is 10.7 Å². The van der Waals surface area contributed by atoms with Crippen molar-refractivity contribution in [2.75, 3.05) is 25.5 Å². The Hall–Kier alpha value is -1.18. The molecule has 7 heteroatoms. The number of sulfonamides is 1. The lowest BCUT2D eigenvalue weighted by molar-refractivity contribution is 0.129. The average molecular weight is 302 g/mol. The molecule has 1 aromatic rings. The zero-order valence-electron chi connectivity index (χ0n) is 11.4. The largest absolute Gasteiger partial charge is 0.399 e. The maximum atomic E-state index is 13.9. The third-order valence-electron chi connectivity index (χ3n) is 3.12. The Bertz CT molecular complexity index is 586. The van der Waals surface area contributed by atoms with E-state index >= 15 is 0 Å². The van der Waals surface area contributed by atoms with E-state index in [1.165, 1.54) is 25.8 Å². The van der Waals surface area contributed by atoms with Gasteiger partial charge in [0.25, 0.3) is 0 Å². The van der Waals surface area contributed by atoms with Crippen LogP contribution in [-0.2, 0) is 14.8 Å². The Morgan fingerprint density at radius 2 is 2.15 bits per heavy atom. The number of ether oxygens (including phenoxy) is 1. The molecule has 1 fully saturated rings. The first-order chi connectivity index (χ1) is 9.40. The standard InChI is InChI=1S/C13H19FN2O3S/c1-9-6-11(15)7-12(13(9)14)20(17,18)16-4-5-19-8-10-2-3-10/h6-7,10,16H,2-5,8,15H2,1H3. The third kappa shape index (κ3) is 3.91. The highest BCUT2D eigenvalue weighted by Crippen LogP contribution is 2.28. The fraction of sp³-hybridized carbons (Fsp3) is 0.538. The van der Waals surface area contributed by atoms with Crippen LogP contribution in [-0.4, -0.2) is 28.2 Å². The zero-order valence-corrected chi connectivity index (χ0v) is 12.2. The van der Waals surface area contributed by atoms with E-state index in [4.69, 9.17) is 10.5 Å². The lowest BCUT2D eigenvalue weighted by Gasteiger charge is -2.10. The van der Waals surface area contributed by atoms with E-state index in [9.17, 15) is 12.8 Å². The fourth-order valence-electron chi connectivity index (χ4n) is 1.82. The van der Waals surface area contributed by atoms with Crippen molar-refractivity contribution in [3.8, 4) is 0 Å². The predicted octanol–water partition coefficient (Wildman–Crippen LogP) is 1.42. The van der Waals surface area contributed by atoms with Crippen molar-refractivity contribution in [1.29, 1.82) is 0 Å². The lowest BCUT2D eigenvalue weighted by atomic mass is 10.2. The van der Waals surface area contributed by atoms with Gasteiger partial charge in [-0.05, 0) is 43.4 Å². The van der Waals surface area contributed by atoms with Crippen molar-refractivity contribution < 1.29 is 17.5 Å². The number of hydrogen-bond acceptors (Lipinski definition) is 4. The molecular formula is C13H19FN2O3S. The van der Waals surface area contributed by atoms with Crippen LogP contribution in [0.5, 0.6) is 0 Å². The highest BCUT2D eigenvalue weighted by atomic mass is 32.2. The molecule has 0 spiro atoms. The summed E-state index contributed by atoms with van der Waals surface area (Å²) in [5.74, 6) is -0.147. The number of nitrogens with two attached hydrogens (primary N) is 1. The van der Waals surface area contributed by atoms with Crippen LogP contribution in [0.25, 0.3) is 0 Å². The molecule has 0 amide bonds. The minimum absolute atomic E-state index is 0.113. The van der Waals surface area contributed by atoms with Crippen LogP contribution in [0.2, 0.25) is 0 Å². The molecule has 5 nitrogen and oxygen atoms in total. The molecule has 0 aromatic heterocycles. The number of halogens is 1. The van der Waals surface area contributed by atoms with Crippen molar-refractivity contribution in [2.45, 2.75) is 24.7 Å². The van der Waals surface area contributed by atoms with Gasteiger partial charge in [-0.1, -0.05) is 0 Å². The molecule has 0 aliphatic heterocycles. The van der Waals surface area contributed by atoms with E-state index in [-0.39, 0.29) is 24.4 Å². The van der Waals surface area contributed by atoms with Crippen LogP contribution in [0.1, 0.15) is 18.4 Å². The quantitative estimate of drug-likeness (QED) is 0.589. The molecule has 3 N–H and O–H groups in total. The molecule has 0 atom stereocenters. The van der Waals surface area contributed by atoms with Crippen LogP contribution < -0.4 is 10.5 Å². The summed E-state index contributed by atoms with van der Waals surface area (Å²) >= 11 is 0. The minimum atomic E-state index is -3.91. The van der Waals surface area contributed by atoms with Crippen molar-refractivity contribution >= 4 is 15.7 Å². The molecule has 0 heterocycles. The second kappa shape index (κ2) is 6.07. The molecule has 20 heavy (non-hydrogen) atoms. The maximum Gasteiger partial charge on any atom is 0.243 e. The molecule has 0 saturated heterocycles. The van der Waals surface area contributed by atoms with E-state index in [1.807, 2.05) is 0 Å². The zero-order chi connectivity index (χ0) is 14.8. The number of anilines is 1. The van der Waals surface area contributed by atoms with Crippen molar-refractivity contribution in [3.05, 3.63) is 23.5 Å². The van der Waals surface area contributed by atoms with Gasteiger partial charge in [0.15, 0.2) is 0 Å². The summed E-state index contributed by atoms with van der Waals surface area (Å²) in [6.07, 6.45) is 2.36. The molecule has 1 aliphatic carbocycles. The van der Waals surface area contributed by atoms with E-state index in [0.717, 1.165) is 6.07 Å². The second-order valence-corrected chi connectivity index (χ2v) is 6.80. The van der Waals surface area contributed by atoms with E-state index < -0.39 is 20.7 Å². The normalized spacial score (nSPS) is 15.5. The first kappa shape index (κ1) is 15.2. The molecule has 0 bridgehead atoms. The van der Waals surface area contributed by atoms with Crippen LogP contribution in [0.3, 0.4) is 0 Å². The Morgan fingerprint density at radius 1 is 1.45 bits per heavy atom. The van der Waals surface area contributed by atoms with Crippen LogP contribution in [0.4, 0.5) is 10.1 Å². The van der Waals surface area contributed by atoms with Gasteiger partial charge in [0, 0.05) is 18.8 Å². The topological polar surface area (TPSA) is 81.4 Å². The summed E-state index contributed by atoms with van der Waals surface area (Å²) in [5, 5.41) is 0. The Labute approximate surface area is 118 Å². The summed E-state index contributed by atoms with van der Waals surface area (Å²) < 4.78 is 45.5. The Balaban J connectivity index is 1.95. The SMILES string of the molecule is Cc1cc(N)cc(S(=O)(=O)NCCOCC2CC2)c1F. The lowest BCUT2D eigenvalue weighted by Crippen LogP contribution is -2.28. The molecule has 1 aliphatic rings. The van der Waals surface area contributed by atoms with Gasteiger partial charge in [-0.2, -0.15) is 0 Å². The number of nitrogens with one attached hydrogen (secondary N) is 1. The number of nitrogen functional groups attached to an aromatic ring is 1. The summed E-state index contributed by atoms with van der Waals surface area (Å²) in [7, 11) is -3.91. The number of hydrogen-bond donors (Lipinski definition) is 2. The predicted molar refractivity (Wildman–Crippen MR) is 74.3 cm³/mol. The molecule has 0 unspecified atom stereocenters. The molecular weight excluding hydrogens is 283 g/mol. The molecule has 112 valence electrons. The highest BCUT2D eigenvalue weighted by molar-refractivity contribution is 7.89. The first-order valence-corrected chi connectivity index (χ1v) is 8.01. The molecule has 0 radical (unpaired) electrons. The van der Waals surface area contributed by atoms with Crippen LogP contribution >= 0.6 is 0 Å². The van der Waals surface area contributed by atoms with Crippen molar-refractivity contribution in [3.63, 3.8) is 0 Å². The third-order valence-corrected chi connectivity index (χ3v) is 4.58. The summed E-state index contributed by atoms with van der Waals surface area (Å²) in [6, 6.07) is 2.52. The molecule has 1 saturated carbocycles. The summed E-state index contributed by atoms with van der Waals surface area (Å²) in [6.45, 7) is 2.53. The maximum absolute atomic E-state index is 13.9. The highest BCUT2D eigenvalue weighted by Gasteiger charge is 2.22. The fourth-order valence-corrected chi connectivity index (χ4v) is 3.02. The van der Waals surface area contributed by atoms with Gasteiger partial charge in [0.05, 0.1) is 6.61 Å². The Morgan fingerprint density at radius 3 is 2.80 bits per heavy atom. The molecule has 2 rings (SSSR count). The van der Waals surface area contributed by atoms with Crippen molar-refractivity contribution in [2.24, 2.45) is 5.92 Å². The van der Waals surface area contributed by atoms with Crippen LogP contribution in [0.15, 0.2) is 17.0 Å². The van der Waals surface area contributed by atoms with Gasteiger partial charge < -0.3 is 10.5 Å². The van der Waals surface area contributed by atoms with Crippen LogP contribution in [0, 0.1) is 18.7 Å². The van der Waals surface area contributed by atoms with Gasteiger partial charge in [-0.15, -0.1) is 0 Å². The monoisotopic (exact) mass is 302 g/mol. The number of rotatable bonds is 7. The van der Waals surface area contributed by atoms with Crippen molar-refractivity contribution in [1.82, 2.24) is 4.72 Å². The number of benzene rings is 1. The minimum Gasteiger partial charge on any atom is -0.399 e. The summed E-state index contributed by atoms with van der Waals surface area (Å²) in [4.78, 5) is -0.419. The van der Waals surface area contributed by atoms with E-state index in [1.54, 1.807) is 0 Å². The number of aryl methyl sites for hydroxylation is 1. The summed E-state index contributed by atoms with van der Waals surface area (Å²) in [5.41, 5.74) is 5.98. The smallest absolute Gasteiger partial charge is 0.243 e. The Kier molecular flexibility index (Phi) is 4.62. The second-order valence-electron chi connectivity index (χ2n) is 5.07. The van der Waals surface area contributed by atoms with Gasteiger partial charge in [-0.3, -0.25) is 0 Å². The van der Waals surface area contributed by atoms with E-state index in [0.29, 0.717) is 12.5 Å².